The second-order valence-electron chi connectivity index (χ2n) is 2.57. The second-order valence-corrected chi connectivity index (χ2v) is 2.57. The van der Waals surface area contributed by atoms with Crippen LogP contribution in [0.3, 0.4) is 0 Å². The summed E-state index contributed by atoms with van der Waals surface area (Å²) in [4.78, 5) is 10.7. The first kappa shape index (κ1) is 10.3. The van der Waals surface area contributed by atoms with E-state index in [1.807, 2.05) is 0 Å². The van der Waals surface area contributed by atoms with Crippen molar-refractivity contribution < 1.29 is 19.0 Å². The zero-order valence-electron chi connectivity index (χ0n) is 7.37. The number of para-hydroxylation sites is 1. The van der Waals surface area contributed by atoms with Crippen molar-refractivity contribution in [2.75, 3.05) is 19.0 Å². The summed E-state index contributed by atoms with van der Waals surface area (Å²) >= 11 is 0. The highest BCUT2D eigenvalue weighted by atomic mass is 19.1. The molecule has 3 N–H and O–H groups in total. The van der Waals surface area contributed by atoms with E-state index < -0.39 is 12.6 Å². The SMILES string of the molecule is Nc1cccc(C(=O)O)c1OCCF. The van der Waals surface area contributed by atoms with Gasteiger partial charge >= 0.3 is 5.97 Å². The molecule has 0 atom stereocenters. The van der Waals surface area contributed by atoms with Gasteiger partial charge in [0.15, 0.2) is 5.75 Å². The molecule has 5 heteroatoms. The first-order chi connectivity index (χ1) is 6.66. The molecule has 76 valence electrons. The van der Waals surface area contributed by atoms with Gasteiger partial charge in [-0.3, -0.25) is 0 Å². The number of halogens is 1. The van der Waals surface area contributed by atoms with E-state index in [-0.39, 0.29) is 23.6 Å². The predicted molar refractivity (Wildman–Crippen MR) is 49.3 cm³/mol. The number of nitrogen functional groups attached to an aromatic ring is 1. The number of rotatable bonds is 4. The summed E-state index contributed by atoms with van der Waals surface area (Å²) in [7, 11) is 0. The van der Waals surface area contributed by atoms with Crippen molar-refractivity contribution in [1.29, 1.82) is 0 Å². The van der Waals surface area contributed by atoms with Crippen molar-refractivity contribution in [2.24, 2.45) is 0 Å². The van der Waals surface area contributed by atoms with E-state index in [1.54, 1.807) is 0 Å². The number of hydrogen-bond acceptors (Lipinski definition) is 3. The number of nitrogens with two attached hydrogens (primary N) is 1. The molecule has 0 aliphatic rings. The van der Waals surface area contributed by atoms with Crippen LogP contribution in [0.1, 0.15) is 10.4 Å². The summed E-state index contributed by atoms with van der Waals surface area (Å²) in [5.41, 5.74) is 5.63. The Labute approximate surface area is 80.1 Å². The third-order valence-electron chi connectivity index (χ3n) is 1.60. The molecule has 0 bridgehead atoms. The summed E-state index contributed by atoms with van der Waals surface area (Å²) in [6, 6.07) is 4.35. The maximum atomic E-state index is 11.8. The molecule has 1 aromatic carbocycles. The van der Waals surface area contributed by atoms with Crippen LogP contribution in [0.2, 0.25) is 0 Å². The highest BCUT2D eigenvalue weighted by molar-refractivity contribution is 5.93. The van der Waals surface area contributed by atoms with Crippen molar-refractivity contribution in [3.63, 3.8) is 0 Å². The van der Waals surface area contributed by atoms with Gasteiger partial charge in [0, 0.05) is 0 Å². The Bertz CT molecular complexity index is 341. The lowest BCUT2D eigenvalue weighted by Gasteiger charge is -2.09. The first-order valence-corrected chi connectivity index (χ1v) is 3.97. The Morgan fingerprint density at radius 3 is 2.86 bits per heavy atom. The molecule has 0 fully saturated rings. The molecule has 0 saturated heterocycles. The summed E-state index contributed by atoms with van der Waals surface area (Å²) in [6.45, 7) is -0.887. The molecule has 0 radical (unpaired) electrons. The maximum Gasteiger partial charge on any atom is 0.339 e. The average molecular weight is 199 g/mol. The molecule has 0 aromatic heterocycles. The van der Waals surface area contributed by atoms with Crippen LogP contribution in [0.25, 0.3) is 0 Å². The number of alkyl halides is 1. The molecule has 0 saturated carbocycles. The summed E-state index contributed by atoms with van der Waals surface area (Å²) in [6.07, 6.45) is 0. The average Bonchev–Trinajstić information content (AvgIpc) is 2.15. The van der Waals surface area contributed by atoms with E-state index in [4.69, 9.17) is 15.6 Å². The van der Waals surface area contributed by atoms with Gasteiger partial charge in [-0.2, -0.15) is 0 Å². The molecule has 0 aliphatic carbocycles. The van der Waals surface area contributed by atoms with Crippen LogP contribution < -0.4 is 10.5 Å². The number of ether oxygens (including phenoxy) is 1. The minimum Gasteiger partial charge on any atom is -0.488 e. The Hall–Kier alpha value is -1.78. The Morgan fingerprint density at radius 1 is 1.57 bits per heavy atom. The maximum absolute atomic E-state index is 11.8. The fraction of sp³-hybridized carbons (Fsp3) is 0.222. The fourth-order valence-corrected chi connectivity index (χ4v) is 1.03. The van der Waals surface area contributed by atoms with E-state index >= 15 is 0 Å². The smallest absolute Gasteiger partial charge is 0.339 e. The van der Waals surface area contributed by atoms with Crippen LogP contribution in [-0.4, -0.2) is 24.4 Å². The fourth-order valence-electron chi connectivity index (χ4n) is 1.03. The topological polar surface area (TPSA) is 72.6 Å². The van der Waals surface area contributed by atoms with Crippen molar-refractivity contribution in [2.45, 2.75) is 0 Å². The zero-order chi connectivity index (χ0) is 10.6. The van der Waals surface area contributed by atoms with Gasteiger partial charge in [0.05, 0.1) is 5.69 Å². The van der Waals surface area contributed by atoms with Gasteiger partial charge in [-0.05, 0) is 12.1 Å². The van der Waals surface area contributed by atoms with Gasteiger partial charge in [-0.1, -0.05) is 6.07 Å². The normalized spacial score (nSPS) is 9.79. The van der Waals surface area contributed by atoms with E-state index in [0.29, 0.717) is 0 Å². The Morgan fingerprint density at radius 2 is 2.29 bits per heavy atom. The van der Waals surface area contributed by atoms with Crippen LogP contribution in [0.5, 0.6) is 5.75 Å². The van der Waals surface area contributed by atoms with Crippen LogP contribution >= 0.6 is 0 Å². The van der Waals surface area contributed by atoms with E-state index in [0.717, 1.165) is 0 Å². The largest absolute Gasteiger partial charge is 0.488 e. The molecule has 14 heavy (non-hydrogen) atoms. The van der Waals surface area contributed by atoms with Crippen molar-refractivity contribution >= 4 is 11.7 Å². The highest BCUT2D eigenvalue weighted by Gasteiger charge is 2.13. The molecule has 0 amide bonds. The summed E-state index contributed by atoms with van der Waals surface area (Å²) in [5, 5.41) is 8.76. The third-order valence-corrected chi connectivity index (χ3v) is 1.60. The molecular formula is C9H10FNO3. The van der Waals surface area contributed by atoms with Gasteiger partial charge in [-0.25, -0.2) is 9.18 Å². The van der Waals surface area contributed by atoms with E-state index in [1.165, 1.54) is 18.2 Å². The molecule has 0 aliphatic heterocycles. The quantitative estimate of drug-likeness (QED) is 0.717. The molecule has 4 nitrogen and oxygen atoms in total. The van der Waals surface area contributed by atoms with Crippen LogP contribution in [0, 0.1) is 0 Å². The van der Waals surface area contributed by atoms with Crippen LogP contribution in [0.15, 0.2) is 18.2 Å². The molecule has 0 unspecified atom stereocenters. The van der Waals surface area contributed by atoms with Gasteiger partial charge in [-0.15, -0.1) is 0 Å². The highest BCUT2D eigenvalue weighted by Crippen LogP contribution is 2.26. The number of hydrogen-bond donors (Lipinski definition) is 2. The van der Waals surface area contributed by atoms with Gasteiger partial charge in [0.1, 0.15) is 18.8 Å². The lowest BCUT2D eigenvalue weighted by molar-refractivity contribution is 0.0692. The number of carboxylic acid groups (broad SMARTS) is 1. The summed E-state index contributed by atoms with van der Waals surface area (Å²) < 4.78 is 16.7. The van der Waals surface area contributed by atoms with Gasteiger partial charge < -0.3 is 15.6 Å². The monoisotopic (exact) mass is 199 g/mol. The summed E-state index contributed by atoms with van der Waals surface area (Å²) in [5.74, 6) is -1.12. The minimum atomic E-state index is -1.15. The molecular weight excluding hydrogens is 189 g/mol. The molecule has 1 rings (SSSR count). The van der Waals surface area contributed by atoms with Crippen molar-refractivity contribution in [3.05, 3.63) is 23.8 Å². The van der Waals surface area contributed by atoms with E-state index in [9.17, 15) is 9.18 Å². The van der Waals surface area contributed by atoms with E-state index in [2.05, 4.69) is 0 Å². The standard InChI is InChI=1S/C9H10FNO3/c10-4-5-14-8-6(9(12)13)2-1-3-7(8)11/h1-3H,4-5,11H2,(H,12,13). The predicted octanol–water partition coefficient (Wildman–Crippen LogP) is 1.32. The number of benzene rings is 1. The lowest BCUT2D eigenvalue weighted by atomic mass is 10.2. The van der Waals surface area contributed by atoms with Crippen molar-refractivity contribution in [1.82, 2.24) is 0 Å². The Balaban J connectivity index is 3.02. The zero-order valence-corrected chi connectivity index (χ0v) is 7.37. The molecule has 1 aromatic rings. The van der Waals surface area contributed by atoms with Crippen molar-refractivity contribution in [3.8, 4) is 5.75 Å². The number of carboxylic acids is 1. The van der Waals surface area contributed by atoms with Crippen LogP contribution in [-0.2, 0) is 0 Å². The lowest BCUT2D eigenvalue weighted by Crippen LogP contribution is -2.07. The van der Waals surface area contributed by atoms with Gasteiger partial charge in [0.2, 0.25) is 0 Å². The van der Waals surface area contributed by atoms with Crippen LogP contribution in [0.4, 0.5) is 10.1 Å². The number of aromatic carboxylic acids is 1. The molecule has 0 spiro atoms. The molecule has 0 heterocycles. The third kappa shape index (κ3) is 2.12. The number of carbonyl (C=O) groups is 1. The minimum absolute atomic E-state index is 0.0256. The van der Waals surface area contributed by atoms with Gasteiger partial charge in [0.25, 0.3) is 0 Å². The second kappa shape index (κ2) is 4.45. The number of anilines is 1. The Kier molecular flexibility index (Phi) is 3.28. The first-order valence-electron chi connectivity index (χ1n) is 3.97.